The van der Waals surface area contributed by atoms with Crippen LogP contribution < -0.4 is 4.90 Å². The number of unbranched alkanes of at least 4 members (excludes halogenated alkanes) is 3. The maximum absolute atomic E-state index is 2.29. The molecule has 72 valence electrons. The zero-order chi connectivity index (χ0) is 8.65. The average Bonchev–Trinajstić information content (AvgIpc) is 2.14. The average molecular weight is 170 g/mol. The smallest absolute Gasteiger partial charge is 0.0770 e. The Bertz CT molecular complexity index is 95.2. The van der Waals surface area contributed by atoms with E-state index in [1.54, 1.807) is 0 Å². The van der Waals surface area contributed by atoms with Crippen molar-refractivity contribution in [3.8, 4) is 0 Å². The van der Waals surface area contributed by atoms with Crippen LogP contribution in [0.15, 0.2) is 0 Å². The molecule has 1 heteroatoms. The van der Waals surface area contributed by atoms with Gasteiger partial charge in [-0.15, -0.1) is 0 Å². The predicted molar refractivity (Wildman–Crippen MR) is 53.6 cm³/mol. The van der Waals surface area contributed by atoms with Crippen LogP contribution in [0.4, 0.5) is 0 Å². The second kappa shape index (κ2) is 6.47. The van der Waals surface area contributed by atoms with Crippen LogP contribution in [0.3, 0.4) is 0 Å². The van der Waals surface area contributed by atoms with Crippen LogP contribution in [-0.2, 0) is 0 Å². The van der Waals surface area contributed by atoms with Crippen LogP contribution in [0.2, 0.25) is 0 Å². The highest BCUT2D eigenvalue weighted by atomic mass is 15.1. The van der Waals surface area contributed by atoms with Crippen molar-refractivity contribution in [1.29, 1.82) is 0 Å². The summed E-state index contributed by atoms with van der Waals surface area (Å²) in [5, 5.41) is 0. The monoisotopic (exact) mass is 170 g/mol. The molecule has 0 aromatic rings. The molecule has 1 N–H and O–H groups in total. The molecule has 0 radical (unpaired) electrons. The van der Waals surface area contributed by atoms with Gasteiger partial charge in [0.1, 0.15) is 0 Å². The second-order valence-corrected chi connectivity index (χ2v) is 4.12. The SMILES string of the molecule is CCCCCC[NH+]1CCCCC1. The van der Waals surface area contributed by atoms with Crippen LogP contribution in [-0.4, -0.2) is 19.6 Å². The summed E-state index contributed by atoms with van der Waals surface area (Å²) in [5.74, 6) is 0. The minimum atomic E-state index is 1.37. The van der Waals surface area contributed by atoms with Gasteiger partial charge in [0.2, 0.25) is 0 Å². The standard InChI is InChI=1S/C11H23N/c1-2-3-4-6-9-12-10-7-5-8-11-12/h2-11H2,1H3/p+1. The first-order valence-electron chi connectivity index (χ1n) is 5.77. The first kappa shape index (κ1) is 10.0. The first-order valence-corrected chi connectivity index (χ1v) is 5.77. The highest BCUT2D eigenvalue weighted by Gasteiger charge is 2.11. The summed E-state index contributed by atoms with van der Waals surface area (Å²) in [5.41, 5.74) is 0. The van der Waals surface area contributed by atoms with E-state index < -0.39 is 0 Å². The van der Waals surface area contributed by atoms with Crippen LogP contribution in [0.1, 0.15) is 51.9 Å². The van der Waals surface area contributed by atoms with E-state index in [1.807, 2.05) is 4.90 Å². The van der Waals surface area contributed by atoms with E-state index in [2.05, 4.69) is 6.92 Å². The van der Waals surface area contributed by atoms with Crippen LogP contribution >= 0.6 is 0 Å². The molecule has 0 spiro atoms. The van der Waals surface area contributed by atoms with Gasteiger partial charge in [-0.25, -0.2) is 0 Å². The molecule has 0 saturated carbocycles. The Balaban J connectivity index is 1.91. The van der Waals surface area contributed by atoms with Crippen molar-refractivity contribution in [2.75, 3.05) is 19.6 Å². The lowest BCUT2D eigenvalue weighted by Gasteiger charge is -2.23. The lowest BCUT2D eigenvalue weighted by atomic mass is 10.1. The van der Waals surface area contributed by atoms with E-state index in [0.717, 1.165) is 0 Å². The molecule has 0 bridgehead atoms. The molecular weight excluding hydrogens is 146 g/mol. The minimum Gasteiger partial charge on any atom is -0.335 e. The molecule has 0 amide bonds. The number of quaternary nitrogens is 1. The summed E-state index contributed by atoms with van der Waals surface area (Å²) < 4.78 is 0. The Hall–Kier alpha value is -0.0400. The Morgan fingerprint density at radius 3 is 2.33 bits per heavy atom. The summed E-state index contributed by atoms with van der Waals surface area (Å²) in [6.07, 6.45) is 10.2. The van der Waals surface area contributed by atoms with Gasteiger partial charge in [-0.1, -0.05) is 19.8 Å². The van der Waals surface area contributed by atoms with Crippen molar-refractivity contribution >= 4 is 0 Å². The van der Waals surface area contributed by atoms with Crippen LogP contribution in [0.25, 0.3) is 0 Å². The maximum Gasteiger partial charge on any atom is 0.0770 e. The van der Waals surface area contributed by atoms with Crippen molar-refractivity contribution in [3.05, 3.63) is 0 Å². The Morgan fingerprint density at radius 1 is 0.917 bits per heavy atom. The lowest BCUT2D eigenvalue weighted by Crippen LogP contribution is -3.12. The number of likely N-dealkylation sites (tertiary alicyclic amines) is 1. The predicted octanol–water partition coefficient (Wildman–Crippen LogP) is 1.64. The molecule has 1 nitrogen and oxygen atoms in total. The van der Waals surface area contributed by atoms with Gasteiger partial charge in [0.15, 0.2) is 0 Å². The van der Waals surface area contributed by atoms with Gasteiger partial charge in [-0.3, -0.25) is 0 Å². The molecule has 0 aliphatic carbocycles. The molecule has 1 heterocycles. The van der Waals surface area contributed by atoms with E-state index in [1.165, 1.54) is 64.6 Å². The molecule has 0 aromatic carbocycles. The molecule has 0 aromatic heterocycles. The van der Waals surface area contributed by atoms with E-state index in [4.69, 9.17) is 0 Å². The summed E-state index contributed by atoms with van der Waals surface area (Å²) in [6, 6.07) is 0. The van der Waals surface area contributed by atoms with Gasteiger partial charge in [0, 0.05) is 0 Å². The summed E-state index contributed by atoms with van der Waals surface area (Å²) in [7, 11) is 0. The molecule has 1 rings (SSSR count). The number of rotatable bonds is 5. The zero-order valence-corrected chi connectivity index (χ0v) is 8.57. The van der Waals surface area contributed by atoms with Gasteiger partial charge in [0.25, 0.3) is 0 Å². The fourth-order valence-electron chi connectivity index (χ4n) is 2.10. The summed E-state index contributed by atoms with van der Waals surface area (Å²) >= 11 is 0. The summed E-state index contributed by atoms with van der Waals surface area (Å²) in [4.78, 5) is 1.87. The zero-order valence-electron chi connectivity index (χ0n) is 8.57. The van der Waals surface area contributed by atoms with Gasteiger partial charge in [-0.05, 0) is 32.1 Å². The van der Waals surface area contributed by atoms with E-state index >= 15 is 0 Å². The van der Waals surface area contributed by atoms with Gasteiger partial charge >= 0.3 is 0 Å². The van der Waals surface area contributed by atoms with Crippen molar-refractivity contribution in [2.24, 2.45) is 0 Å². The van der Waals surface area contributed by atoms with Crippen molar-refractivity contribution in [3.63, 3.8) is 0 Å². The molecule has 1 aliphatic rings. The fourth-order valence-corrected chi connectivity index (χ4v) is 2.10. The molecule has 12 heavy (non-hydrogen) atoms. The number of hydrogen-bond donors (Lipinski definition) is 1. The van der Waals surface area contributed by atoms with Crippen LogP contribution in [0.5, 0.6) is 0 Å². The number of nitrogens with one attached hydrogen (secondary N) is 1. The lowest BCUT2D eigenvalue weighted by molar-refractivity contribution is -0.905. The highest BCUT2D eigenvalue weighted by Crippen LogP contribution is 1.98. The van der Waals surface area contributed by atoms with E-state index in [0.29, 0.717) is 0 Å². The van der Waals surface area contributed by atoms with Crippen LogP contribution in [0, 0.1) is 0 Å². The molecular formula is C11H24N+. The molecule has 0 atom stereocenters. The fraction of sp³-hybridized carbons (Fsp3) is 1.00. The number of piperidine rings is 1. The maximum atomic E-state index is 2.29. The van der Waals surface area contributed by atoms with Crippen molar-refractivity contribution in [1.82, 2.24) is 0 Å². The summed E-state index contributed by atoms with van der Waals surface area (Å²) in [6.45, 7) is 6.63. The number of hydrogen-bond acceptors (Lipinski definition) is 0. The van der Waals surface area contributed by atoms with Gasteiger partial charge in [-0.2, -0.15) is 0 Å². The second-order valence-electron chi connectivity index (χ2n) is 4.12. The van der Waals surface area contributed by atoms with Gasteiger partial charge in [0.05, 0.1) is 19.6 Å². The van der Waals surface area contributed by atoms with Crippen molar-refractivity contribution in [2.45, 2.75) is 51.9 Å². The molecule has 1 fully saturated rings. The molecule has 0 unspecified atom stereocenters. The third-order valence-corrected chi connectivity index (χ3v) is 2.94. The Kier molecular flexibility index (Phi) is 5.42. The largest absolute Gasteiger partial charge is 0.335 e. The Morgan fingerprint density at radius 2 is 1.67 bits per heavy atom. The van der Waals surface area contributed by atoms with E-state index in [-0.39, 0.29) is 0 Å². The normalized spacial score (nSPS) is 19.8. The third-order valence-electron chi connectivity index (χ3n) is 2.94. The minimum absolute atomic E-state index is 1.37. The van der Waals surface area contributed by atoms with E-state index in [9.17, 15) is 0 Å². The van der Waals surface area contributed by atoms with Crippen molar-refractivity contribution < 1.29 is 4.90 Å². The topological polar surface area (TPSA) is 4.44 Å². The third kappa shape index (κ3) is 4.10. The quantitative estimate of drug-likeness (QED) is 0.598. The van der Waals surface area contributed by atoms with Gasteiger partial charge < -0.3 is 4.90 Å². The first-order chi connectivity index (χ1) is 5.93. The molecule has 1 saturated heterocycles. The Labute approximate surface area is 77.1 Å². The highest BCUT2D eigenvalue weighted by molar-refractivity contribution is 4.46. The molecule has 1 aliphatic heterocycles.